The van der Waals surface area contributed by atoms with Gasteiger partial charge in [0.25, 0.3) is 11.1 Å². The van der Waals surface area contributed by atoms with Gasteiger partial charge in [0.2, 0.25) is 0 Å². The lowest BCUT2D eigenvalue weighted by Gasteiger charge is -2.12. The van der Waals surface area contributed by atoms with E-state index in [1.165, 1.54) is 4.90 Å². The molecule has 0 radical (unpaired) electrons. The molecule has 0 unspecified atom stereocenters. The molecule has 6 heteroatoms. The van der Waals surface area contributed by atoms with Gasteiger partial charge in [-0.1, -0.05) is 54.6 Å². The van der Waals surface area contributed by atoms with E-state index in [0.29, 0.717) is 28.7 Å². The Morgan fingerprint density at radius 3 is 2.30 bits per heavy atom. The molecule has 3 aromatic carbocycles. The van der Waals surface area contributed by atoms with Crippen molar-refractivity contribution in [1.82, 2.24) is 0 Å². The maximum absolute atomic E-state index is 12.8. The summed E-state index contributed by atoms with van der Waals surface area (Å²) < 4.78 is 11.3. The van der Waals surface area contributed by atoms with E-state index in [1.54, 1.807) is 49.6 Å². The zero-order chi connectivity index (χ0) is 20.9. The number of amides is 2. The minimum Gasteiger partial charge on any atom is -0.493 e. The Kier molecular flexibility index (Phi) is 5.86. The first-order valence-electron chi connectivity index (χ1n) is 9.33. The third kappa shape index (κ3) is 4.23. The number of hydrogen-bond donors (Lipinski definition) is 0. The molecule has 0 atom stereocenters. The van der Waals surface area contributed by atoms with Crippen LogP contribution in [-0.2, 0) is 11.4 Å². The van der Waals surface area contributed by atoms with Crippen LogP contribution < -0.4 is 14.4 Å². The van der Waals surface area contributed by atoms with Crippen LogP contribution in [-0.4, -0.2) is 18.3 Å². The molecule has 0 spiro atoms. The highest BCUT2D eigenvalue weighted by Crippen LogP contribution is 2.37. The van der Waals surface area contributed by atoms with Crippen molar-refractivity contribution in [1.29, 1.82) is 0 Å². The Hall–Kier alpha value is -3.51. The van der Waals surface area contributed by atoms with Crippen molar-refractivity contribution >= 4 is 34.7 Å². The SMILES string of the molecule is COc1ccc(/C=C2/SC(=O)N(c3ccccc3)C2=O)cc1OCc1ccccc1. The van der Waals surface area contributed by atoms with Gasteiger partial charge in [-0.15, -0.1) is 0 Å². The number of benzene rings is 3. The summed E-state index contributed by atoms with van der Waals surface area (Å²) in [5.41, 5.74) is 2.34. The minimum absolute atomic E-state index is 0.313. The van der Waals surface area contributed by atoms with Gasteiger partial charge < -0.3 is 9.47 Å². The molecule has 1 fully saturated rings. The molecule has 1 heterocycles. The molecule has 1 saturated heterocycles. The highest BCUT2D eigenvalue weighted by atomic mass is 32.2. The van der Waals surface area contributed by atoms with Crippen LogP contribution in [0.4, 0.5) is 10.5 Å². The molecule has 5 nitrogen and oxygen atoms in total. The van der Waals surface area contributed by atoms with Crippen molar-refractivity contribution in [3.05, 3.63) is 94.9 Å². The fraction of sp³-hybridized carbons (Fsp3) is 0.0833. The van der Waals surface area contributed by atoms with Crippen LogP contribution in [0.15, 0.2) is 83.8 Å². The smallest absolute Gasteiger partial charge is 0.298 e. The van der Waals surface area contributed by atoms with E-state index in [-0.39, 0.29) is 11.1 Å². The summed E-state index contributed by atoms with van der Waals surface area (Å²) in [6.45, 7) is 0.394. The van der Waals surface area contributed by atoms with Crippen LogP contribution in [0.3, 0.4) is 0 Å². The van der Waals surface area contributed by atoms with Crippen LogP contribution in [0.5, 0.6) is 11.5 Å². The molecule has 30 heavy (non-hydrogen) atoms. The number of rotatable bonds is 6. The molecule has 0 aliphatic carbocycles. The zero-order valence-electron chi connectivity index (χ0n) is 16.3. The number of carbonyl (C=O) groups is 2. The summed E-state index contributed by atoms with van der Waals surface area (Å²) in [5, 5.41) is -0.313. The third-order valence-electron chi connectivity index (χ3n) is 4.53. The normalized spacial score (nSPS) is 15.0. The molecular formula is C24H19NO4S. The molecule has 3 aromatic rings. The predicted molar refractivity (Wildman–Crippen MR) is 119 cm³/mol. The van der Waals surface area contributed by atoms with Gasteiger partial charge >= 0.3 is 0 Å². The summed E-state index contributed by atoms with van der Waals surface area (Å²) in [7, 11) is 1.58. The van der Waals surface area contributed by atoms with E-state index in [2.05, 4.69) is 0 Å². The van der Waals surface area contributed by atoms with E-state index < -0.39 is 0 Å². The maximum atomic E-state index is 12.8. The largest absolute Gasteiger partial charge is 0.493 e. The van der Waals surface area contributed by atoms with Gasteiger partial charge in [0.1, 0.15) is 6.61 Å². The van der Waals surface area contributed by atoms with E-state index in [9.17, 15) is 9.59 Å². The number of methoxy groups -OCH3 is 1. The second-order valence-electron chi connectivity index (χ2n) is 6.54. The molecule has 4 rings (SSSR count). The molecule has 1 aliphatic rings. The summed E-state index contributed by atoms with van der Waals surface area (Å²) >= 11 is 0.924. The summed E-state index contributed by atoms with van der Waals surface area (Å²) in [6.07, 6.45) is 1.70. The monoisotopic (exact) mass is 417 g/mol. The fourth-order valence-electron chi connectivity index (χ4n) is 3.05. The van der Waals surface area contributed by atoms with Gasteiger partial charge in [0.15, 0.2) is 11.5 Å². The number of nitrogens with zero attached hydrogens (tertiary/aromatic N) is 1. The Labute approximate surface area is 178 Å². The summed E-state index contributed by atoms with van der Waals surface area (Å²) in [5.74, 6) is 0.830. The molecule has 1 aliphatic heterocycles. The number of carbonyl (C=O) groups excluding carboxylic acids is 2. The zero-order valence-corrected chi connectivity index (χ0v) is 17.1. The second-order valence-corrected chi connectivity index (χ2v) is 7.53. The molecule has 2 amide bonds. The van der Waals surface area contributed by atoms with Crippen molar-refractivity contribution in [3.8, 4) is 11.5 Å². The standard InChI is InChI=1S/C24H19NO4S/c1-28-20-13-12-18(14-21(20)29-16-17-8-4-2-5-9-17)15-22-23(26)25(24(27)30-22)19-10-6-3-7-11-19/h2-15H,16H2,1H3/b22-15+. The van der Waals surface area contributed by atoms with Crippen LogP contribution >= 0.6 is 11.8 Å². The van der Waals surface area contributed by atoms with Crippen LogP contribution in [0.1, 0.15) is 11.1 Å². The van der Waals surface area contributed by atoms with Gasteiger partial charge in [-0.3, -0.25) is 9.59 Å². The minimum atomic E-state index is -0.334. The topological polar surface area (TPSA) is 55.8 Å². The molecular weight excluding hydrogens is 398 g/mol. The van der Waals surface area contributed by atoms with E-state index in [0.717, 1.165) is 22.9 Å². The van der Waals surface area contributed by atoms with E-state index in [4.69, 9.17) is 9.47 Å². The maximum Gasteiger partial charge on any atom is 0.298 e. The number of para-hydroxylation sites is 1. The first kappa shape index (κ1) is 19.8. The highest BCUT2D eigenvalue weighted by Gasteiger charge is 2.36. The Morgan fingerprint density at radius 1 is 0.900 bits per heavy atom. The van der Waals surface area contributed by atoms with E-state index >= 15 is 0 Å². The van der Waals surface area contributed by atoms with Crippen LogP contribution in [0, 0.1) is 0 Å². The predicted octanol–water partition coefficient (Wildman–Crippen LogP) is 5.52. The number of ether oxygens (including phenoxy) is 2. The number of hydrogen-bond acceptors (Lipinski definition) is 5. The van der Waals surface area contributed by atoms with Crippen molar-refractivity contribution < 1.29 is 19.1 Å². The van der Waals surface area contributed by atoms with Gasteiger partial charge in [0.05, 0.1) is 17.7 Å². The van der Waals surface area contributed by atoms with Crippen LogP contribution in [0.25, 0.3) is 6.08 Å². The average molecular weight is 417 g/mol. The number of thioether (sulfide) groups is 1. The summed E-state index contributed by atoms with van der Waals surface area (Å²) in [4.78, 5) is 26.7. The lowest BCUT2D eigenvalue weighted by atomic mass is 10.1. The van der Waals surface area contributed by atoms with Crippen molar-refractivity contribution in [2.45, 2.75) is 6.61 Å². The highest BCUT2D eigenvalue weighted by molar-refractivity contribution is 8.19. The summed E-state index contributed by atoms with van der Waals surface area (Å²) in [6, 6.07) is 24.1. The lowest BCUT2D eigenvalue weighted by Crippen LogP contribution is -2.27. The molecule has 150 valence electrons. The first-order valence-corrected chi connectivity index (χ1v) is 10.1. The molecule has 0 aromatic heterocycles. The Balaban J connectivity index is 1.57. The molecule has 0 bridgehead atoms. The number of anilines is 1. The van der Waals surface area contributed by atoms with Gasteiger partial charge in [0, 0.05) is 0 Å². The van der Waals surface area contributed by atoms with Gasteiger partial charge in [-0.05, 0) is 53.2 Å². The molecule has 0 N–H and O–H groups in total. The first-order chi connectivity index (χ1) is 14.7. The Bertz CT molecular complexity index is 1100. The van der Waals surface area contributed by atoms with Crippen molar-refractivity contribution in [2.75, 3.05) is 12.0 Å². The number of imide groups is 1. The van der Waals surface area contributed by atoms with Crippen molar-refractivity contribution in [2.24, 2.45) is 0 Å². The average Bonchev–Trinajstić information content (AvgIpc) is 3.06. The third-order valence-corrected chi connectivity index (χ3v) is 5.40. The fourth-order valence-corrected chi connectivity index (χ4v) is 3.89. The van der Waals surface area contributed by atoms with Crippen LogP contribution in [0.2, 0.25) is 0 Å². The van der Waals surface area contributed by atoms with Gasteiger partial charge in [-0.25, -0.2) is 4.90 Å². The quantitative estimate of drug-likeness (QED) is 0.495. The van der Waals surface area contributed by atoms with E-state index in [1.807, 2.05) is 42.5 Å². The Morgan fingerprint density at radius 2 is 1.60 bits per heavy atom. The molecule has 0 saturated carbocycles. The second kappa shape index (κ2) is 8.88. The lowest BCUT2D eigenvalue weighted by molar-refractivity contribution is -0.113. The van der Waals surface area contributed by atoms with Gasteiger partial charge in [-0.2, -0.15) is 0 Å². The van der Waals surface area contributed by atoms with Crippen molar-refractivity contribution in [3.63, 3.8) is 0 Å².